The zero-order chi connectivity index (χ0) is 19.9. The summed E-state index contributed by atoms with van der Waals surface area (Å²) in [7, 11) is 1.87. The molecule has 0 aliphatic carbocycles. The molecule has 2 aromatic rings. The van der Waals surface area contributed by atoms with E-state index in [1.807, 2.05) is 36.2 Å². The van der Waals surface area contributed by atoms with Gasteiger partial charge in [0.2, 0.25) is 5.91 Å². The third kappa shape index (κ3) is 5.63. The topological polar surface area (TPSA) is 32.8 Å². The van der Waals surface area contributed by atoms with E-state index >= 15 is 0 Å². The van der Waals surface area contributed by atoms with Crippen molar-refractivity contribution in [2.45, 2.75) is 25.8 Å². The number of morpholine rings is 1. The number of nitrogens with zero attached hydrogens (tertiary/aromatic N) is 2. The molecule has 0 aromatic heterocycles. The number of hydrogen-bond acceptors (Lipinski definition) is 3. The maximum absolute atomic E-state index is 12.6. The van der Waals surface area contributed by atoms with Crippen molar-refractivity contribution >= 4 is 34.8 Å². The lowest BCUT2D eigenvalue weighted by atomic mass is 10.1. The molecule has 0 radical (unpaired) electrons. The number of hydrogen-bond donors (Lipinski definition) is 0. The second kappa shape index (κ2) is 10.1. The van der Waals surface area contributed by atoms with Crippen LogP contribution in [0.5, 0.6) is 0 Å². The van der Waals surface area contributed by atoms with Gasteiger partial charge in [0, 0.05) is 38.8 Å². The Balaban J connectivity index is 1.53. The summed E-state index contributed by atoms with van der Waals surface area (Å²) in [6, 6.07) is 13.9. The SMILES string of the molecule is CN(Cc1ccccc1N1CCOCC1)C(=O)CCCc1ccc(Cl)c(Cl)c1. The maximum atomic E-state index is 12.6. The van der Waals surface area contributed by atoms with Crippen molar-refractivity contribution in [2.75, 3.05) is 38.3 Å². The molecule has 150 valence electrons. The summed E-state index contributed by atoms with van der Waals surface area (Å²) in [5.41, 5.74) is 3.47. The normalized spacial score (nSPS) is 14.2. The minimum absolute atomic E-state index is 0.150. The lowest BCUT2D eigenvalue weighted by Crippen LogP contribution is -2.37. The fraction of sp³-hybridized carbons (Fsp3) is 0.409. The van der Waals surface area contributed by atoms with E-state index in [0.29, 0.717) is 23.0 Å². The number of carbonyl (C=O) groups excluding carboxylic acids is 1. The summed E-state index contributed by atoms with van der Waals surface area (Å²) in [6.07, 6.45) is 2.10. The molecule has 1 aliphatic heterocycles. The average molecular weight is 421 g/mol. The van der Waals surface area contributed by atoms with Crippen molar-refractivity contribution in [3.8, 4) is 0 Å². The molecule has 3 rings (SSSR count). The van der Waals surface area contributed by atoms with Crippen molar-refractivity contribution < 1.29 is 9.53 Å². The van der Waals surface area contributed by atoms with E-state index in [2.05, 4.69) is 17.0 Å². The molecule has 1 aliphatic rings. The Hall–Kier alpha value is -1.75. The van der Waals surface area contributed by atoms with Gasteiger partial charge in [0.15, 0.2) is 0 Å². The number of para-hydroxylation sites is 1. The van der Waals surface area contributed by atoms with Gasteiger partial charge < -0.3 is 14.5 Å². The first-order valence-electron chi connectivity index (χ1n) is 9.63. The highest BCUT2D eigenvalue weighted by Crippen LogP contribution is 2.24. The highest BCUT2D eigenvalue weighted by atomic mass is 35.5. The van der Waals surface area contributed by atoms with Gasteiger partial charge in [0.1, 0.15) is 0 Å². The zero-order valence-electron chi connectivity index (χ0n) is 16.2. The molecule has 1 heterocycles. The maximum Gasteiger partial charge on any atom is 0.222 e. The molecule has 1 saturated heterocycles. The number of rotatable bonds is 7. The van der Waals surface area contributed by atoms with Crippen LogP contribution in [0.4, 0.5) is 5.69 Å². The van der Waals surface area contributed by atoms with Gasteiger partial charge in [-0.1, -0.05) is 47.5 Å². The molecule has 0 N–H and O–H groups in total. The smallest absolute Gasteiger partial charge is 0.222 e. The minimum Gasteiger partial charge on any atom is -0.378 e. The van der Waals surface area contributed by atoms with Crippen molar-refractivity contribution in [1.82, 2.24) is 4.90 Å². The van der Waals surface area contributed by atoms with Crippen LogP contribution in [0.3, 0.4) is 0 Å². The molecule has 4 nitrogen and oxygen atoms in total. The van der Waals surface area contributed by atoms with Gasteiger partial charge in [-0.15, -0.1) is 0 Å². The molecule has 0 unspecified atom stereocenters. The van der Waals surface area contributed by atoms with Crippen LogP contribution in [0.25, 0.3) is 0 Å². The summed E-state index contributed by atoms with van der Waals surface area (Å²) in [5.74, 6) is 0.150. The highest BCUT2D eigenvalue weighted by Gasteiger charge is 2.17. The number of halogens is 2. The summed E-state index contributed by atoms with van der Waals surface area (Å²) >= 11 is 12.0. The Labute approximate surface area is 177 Å². The Morgan fingerprint density at radius 1 is 1.11 bits per heavy atom. The van der Waals surface area contributed by atoms with E-state index in [4.69, 9.17) is 27.9 Å². The van der Waals surface area contributed by atoms with E-state index < -0.39 is 0 Å². The average Bonchev–Trinajstić information content (AvgIpc) is 2.71. The first-order chi connectivity index (χ1) is 13.5. The zero-order valence-corrected chi connectivity index (χ0v) is 17.7. The van der Waals surface area contributed by atoms with Crippen molar-refractivity contribution in [1.29, 1.82) is 0 Å². The quantitative estimate of drug-likeness (QED) is 0.643. The lowest BCUT2D eigenvalue weighted by molar-refractivity contribution is -0.130. The van der Waals surface area contributed by atoms with Gasteiger partial charge in [0.25, 0.3) is 0 Å². The Kier molecular flexibility index (Phi) is 7.60. The first kappa shape index (κ1) is 21.0. The van der Waals surface area contributed by atoms with E-state index in [9.17, 15) is 4.79 Å². The molecular weight excluding hydrogens is 395 g/mol. The molecular formula is C22H26Cl2N2O2. The van der Waals surface area contributed by atoms with E-state index in [0.717, 1.165) is 44.7 Å². The highest BCUT2D eigenvalue weighted by molar-refractivity contribution is 6.42. The number of amides is 1. The summed E-state index contributed by atoms with van der Waals surface area (Å²) in [6.45, 7) is 3.88. The summed E-state index contributed by atoms with van der Waals surface area (Å²) in [5, 5.41) is 1.11. The molecule has 0 atom stereocenters. The van der Waals surface area contributed by atoms with Gasteiger partial charge in [-0.25, -0.2) is 0 Å². The van der Waals surface area contributed by atoms with Crippen LogP contribution < -0.4 is 4.90 Å². The lowest BCUT2D eigenvalue weighted by Gasteiger charge is -2.31. The summed E-state index contributed by atoms with van der Waals surface area (Å²) in [4.78, 5) is 16.7. The fourth-order valence-electron chi connectivity index (χ4n) is 3.43. The second-order valence-electron chi connectivity index (χ2n) is 7.08. The monoisotopic (exact) mass is 420 g/mol. The number of ether oxygens (including phenoxy) is 1. The van der Waals surface area contributed by atoms with Crippen LogP contribution in [-0.4, -0.2) is 44.2 Å². The first-order valence-corrected chi connectivity index (χ1v) is 10.4. The van der Waals surface area contributed by atoms with Gasteiger partial charge in [-0.2, -0.15) is 0 Å². The molecule has 0 bridgehead atoms. The van der Waals surface area contributed by atoms with Crippen LogP contribution in [0.1, 0.15) is 24.0 Å². The third-order valence-corrected chi connectivity index (χ3v) is 5.76. The second-order valence-corrected chi connectivity index (χ2v) is 7.89. The molecule has 1 fully saturated rings. The summed E-state index contributed by atoms with van der Waals surface area (Å²) < 4.78 is 5.45. The van der Waals surface area contributed by atoms with E-state index in [1.165, 1.54) is 11.3 Å². The molecule has 0 saturated carbocycles. The Bertz CT molecular complexity index is 807. The molecule has 0 spiro atoms. The van der Waals surface area contributed by atoms with Gasteiger partial charge >= 0.3 is 0 Å². The van der Waals surface area contributed by atoms with Crippen molar-refractivity contribution in [3.05, 3.63) is 63.6 Å². The van der Waals surface area contributed by atoms with Gasteiger partial charge in [-0.3, -0.25) is 4.79 Å². The standard InChI is InChI=1S/C22H26Cl2N2O2/c1-25(22(27)8-4-5-17-9-10-19(23)20(24)15-17)16-18-6-2-3-7-21(18)26-11-13-28-14-12-26/h2-3,6-7,9-10,15H,4-5,8,11-14,16H2,1H3. The van der Waals surface area contributed by atoms with Crippen LogP contribution in [0.15, 0.2) is 42.5 Å². The van der Waals surface area contributed by atoms with E-state index in [1.54, 1.807) is 6.07 Å². The number of aryl methyl sites for hydroxylation is 1. The van der Waals surface area contributed by atoms with Crippen molar-refractivity contribution in [3.63, 3.8) is 0 Å². The molecule has 2 aromatic carbocycles. The Morgan fingerprint density at radius 2 is 1.86 bits per heavy atom. The van der Waals surface area contributed by atoms with Gasteiger partial charge in [0.05, 0.1) is 23.3 Å². The Morgan fingerprint density at radius 3 is 2.61 bits per heavy atom. The van der Waals surface area contributed by atoms with Crippen LogP contribution in [0, 0.1) is 0 Å². The minimum atomic E-state index is 0.150. The van der Waals surface area contributed by atoms with Gasteiger partial charge in [-0.05, 0) is 42.2 Å². The number of benzene rings is 2. The van der Waals surface area contributed by atoms with Crippen molar-refractivity contribution in [2.24, 2.45) is 0 Å². The van der Waals surface area contributed by atoms with E-state index in [-0.39, 0.29) is 5.91 Å². The molecule has 28 heavy (non-hydrogen) atoms. The predicted octanol–water partition coefficient (Wildman–Crippen LogP) is 4.81. The number of anilines is 1. The largest absolute Gasteiger partial charge is 0.378 e. The number of carbonyl (C=O) groups is 1. The van der Waals surface area contributed by atoms with Crippen LogP contribution in [-0.2, 0) is 22.5 Å². The predicted molar refractivity (Wildman–Crippen MR) is 115 cm³/mol. The van der Waals surface area contributed by atoms with Crippen LogP contribution >= 0.6 is 23.2 Å². The fourth-order valence-corrected chi connectivity index (χ4v) is 3.75. The molecule has 1 amide bonds. The molecule has 6 heteroatoms. The van der Waals surface area contributed by atoms with Crippen LogP contribution in [0.2, 0.25) is 10.0 Å². The third-order valence-electron chi connectivity index (χ3n) is 5.02.